The molecule has 1 aromatic carbocycles. The van der Waals surface area contributed by atoms with Crippen molar-refractivity contribution in [2.75, 3.05) is 6.54 Å². The van der Waals surface area contributed by atoms with E-state index in [4.69, 9.17) is 4.74 Å². The van der Waals surface area contributed by atoms with E-state index in [2.05, 4.69) is 17.6 Å². The molecule has 3 atom stereocenters. The Kier molecular flexibility index (Phi) is 5.01. The van der Waals surface area contributed by atoms with Crippen LogP contribution in [0.3, 0.4) is 0 Å². The lowest BCUT2D eigenvalue weighted by Crippen LogP contribution is -2.49. The van der Waals surface area contributed by atoms with Gasteiger partial charge >= 0.3 is 0 Å². The molecular weight excluding hydrogens is 252 g/mol. The van der Waals surface area contributed by atoms with E-state index in [-0.39, 0.29) is 11.9 Å². The lowest BCUT2D eigenvalue weighted by atomic mass is 10.0. The summed E-state index contributed by atoms with van der Waals surface area (Å²) in [5.74, 6) is 0.696. The molecule has 20 heavy (non-hydrogen) atoms. The van der Waals surface area contributed by atoms with Crippen LogP contribution in [-0.2, 0) is 4.79 Å². The highest BCUT2D eigenvalue weighted by molar-refractivity contribution is 5.81. The summed E-state index contributed by atoms with van der Waals surface area (Å²) in [6, 6.07) is 8.46. The third-order valence-corrected chi connectivity index (χ3v) is 3.67. The average Bonchev–Trinajstić information content (AvgIpc) is 2.41. The summed E-state index contributed by atoms with van der Waals surface area (Å²) in [4.78, 5) is 12.1. The van der Waals surface area contributed by atoms with Crippen LogP contribution in [0.25, 0.3) is 0 Å². The van der Waals surface area contributed by atoms with Gasteiger partial charge in [0.2, 0.25) is 0 Å². The number of aryl methyl sites for hydroxylation is 1. The zero-order valence-corrected chi connectivity index (χ0v) is 12.5. The van der Waals surface area contributed by atoms with Gasteiger partial charge in [0.15, 0.2) is 6.10 Å². The van der Waals surface area contributed by atoms with Crippen LogP contribution in [0.15, 0.2) is 24.3 Å². The highest BCUT2D eigenvalue weighted by atomic mass is 16.5. The van der Waals surface area contributed by atoms with Crippen molar-refractivity contribution in [3.05, 3.63) is 29.8 Å². The molecule has 0 spiro atoms. The van der Waals surface area contributed by atoms with Crippen molar-refractivity contribution in [3.8, 4) is 5.75 Å². The normalized spacial score (nSPS) is 23.9. The first kappa shape index (κ1) is 14.9. The maximum Gasteiger partial charge on any atom is 0.260 e. The topological polar surface area (TPSA) is 50.4 Å². The minimum absolute atomic E-state index is 0.0373. The molecule has 0 radical (unpaired) electrons. The Balaban J connectivity index is 1.83. The molecule has 0 bridgehead atoms. The molecule has 4 heteroatoms. The fraction of sp³-hybridized carbons (Fsp3) is 0.562. The molecule has 1 amide bonds. The molecule has 4 nitrogen and oxygen atoms in total. The van der Waals surface area contributed by atoms with Gasteiger partial charge in [-0.1, -0.05) is 17.7 Å². The molecule has 1 aromatic rings. The van der Waals surface area contributed by atoms with E-state index in [0.717, 1.165) is 25.1 Å². The van der Waals surface area contributed by atoms with Crippen molar-refractivity contribution in [2.45, 2.75) is 51.8 Å². The SMILES string of the molecule is Cc1ccc(OC(C)C(=O)NC2CCNC(C)C2)cc1. The molecule has 1 saturated heterocycles. The van der Waals surface area contributed by atoms with Crippen LogP contribution in [0.5, 0.6) is 5.75 Å². The van der Waals surface area contributed by atoms with Gasteiger partial charge in [-0.25, -0.2) is 0 Å². The second-order valence-corrected chi connectivity index (χ2v) is 5.66. The van der Waals surface area contributed by atoms with Crippen LogP contribution in [0.1, 0.15) is 32.3 Å². The van der Waals surface area contributed by atoms with Crippen LogP contribution >= 0.6 is 0 Å². The first-order chi connectivity index (χ1) is 9.54. The van der Waals surface area contributed by atoms with Gasteiger partial charge in [-0.15, -0.1) is 0 Å². The largest absolute Gasteiger partial charge is 0.481 e. The van der Waals surface area contributed by atoms with Crippen LogP contribution < -0.4 is 15.4 Å². The van der Waals surface area contributed by atoms with Crippen LogP contribution in [0, 0.1) is 6.92 Å². The van der Waals surface area contributed by atoms with Gasteiger partial charge in [0.25, 0.3) is 5.91 Å². The van der Waals surface area contributed by atoms with Crippen LogP contribution in [-0.4, -0.2) is 30.6 Å². The number of benzene rings is 1. The minimum atomic E-state index is -0.470. The molecular formula is C16H24N2O2. The highest BCUT2D eigenvalue weighted by Crippen LogP contribution is 2.14. The molecule has 1 fully saturated rings. The van der Waals surface area contributed by atoms with E-state index >= 15 is 0 Å². The summed E-state index contributed by atoms with van der Waals surface area (Å²) in [5, 5.41) is 6.45. The number of amides is 1. The van der Waals surface area contributed by atoms with Crippen LogP contribution in [0.2, 0.25) is 0 Å². The van der Waals surface area contributed by atoms with Gasteiger partial charge in [0.1, 0.15) is 5.75 Å². The third-order valence-electron chi connectivity index (χ3n) is 3.67. The monoisotopic (exact) mass is 276 g/mol. The number of carbonyl (C=O) groups is 1. The fourth-order valence-electron chi connectivity index (χ4n) is 2.46. The summed E-state index contributed by atoms with van der Waals surface area (Å²) >= 11 is 0. The molecule has 1 aliphatic heterocycles. The predicted molar refractivity (Wildman–Crippen MR) is 79.9 cm³/mol. The standard InChI is InChI=1S/C16H24N2O2/c1-11-4-6-15(7-5-11)20-13(3)16(19)18-14-8-9-17-12(2)10-14/h4-7,12-14,17H,8-10H2,1-3H3,(H,18,19). The zero-order chi connectivity index (χ0) is 14.5. The molecule has 0 saturated carbocycles. The Morgan fingerprint density at radius 3 is 2.75 bits per heavy atom. The molecule has 0 aromatic heterocycles. The number of rotatable bonds is 4. The van der Waals surface area contributed by atoms with E-state index < -0.39 is 6.10 Å². The fourth-order valence-corrected chi connectivity index (χ4v) is 2.46. The first-order valence-electron chi connectivity index (χ1n) is 7.31. The molecule has 2 N–H and O–H groups in total. The van der Waals surface area contributed by atoms with E-state index in [1.807, 2.05) is 31.2 Å². The predicted octanol–water partition coefficient (Wildman–Crippen LogP) is 2.02. The maximum absolute atomic E-state index is 12.1. The van der Waals surface area contributed by atoms with Gasteiger partial charge in [0, 0.05) is 12.1 Å². The smallest absolute Gasteiger partial charge is 0.260 e. The number of ether oxygens (including phenoxy) is 1. The third kappa shape index (κ3) is 4.23. The Bertz CT molecular complexity index is 444. The number of piperidine rings is 1. The Labute approximate surface area is 120 Å². The summed E-state index contributed by atoms with van der Waals surface area (Å²) in [5.41, 5.74) is 1.18. The number of carbonyl (C=O) groups excluding carboxylic acids is 1. The summed E-state index contributed by atoms with van der Waals surface area (Å²) in [6.45, 7) is 6.92. The van der Waals surface area contributed by atoms with Crippen molar-refractivity contribution >= 4 is 5.91 Å². The summed E-state index contributed by atoms with van der Waals surface area (Å²) < 4.78 is 5.67. The van der Waals surface area contributed by atoms with E-state index in [9.17, 15) is 4.79 Å². The molecule has 2 rings (SSSR count). The number of hydrogen-bond donors (Lipinski definition) is 2. The Morgan fingerprint density at radius 1 is 1.40 bits per heavy atom. The molecule has 110 valence electrons. The number of hydrogen-bond acceptors (Lipinski definition) is 3. The van der Waals surface area contributed by atoms with Crippen molar-refractivity contribution in [2.24, 2.45) is 0 Å². The van der Waals surface area contributed by atoms with Gasteiger partial charge in [-0.05, 0) is 52.3 Å². The van der Waals surface area contributed by atoms with Gasteiger partial charge in [-0.3, -0.25) is 4.79 Å². The van der Waals surface area contributed by atoms with Gasteiger partial charge < -0.3 is 15.4 Å². The van der Waals surface area contributed by atoms with E-state index in [1.165, 1.54) is 5.56 Å². The highest BCUT2D eigenvalue weighted by Gasteiger charge is 2.23. The van der Waals surface area contributed by atoms with E-state index in [1.54, 1.807) is 6.92 Å². The second-order valence-electron chi connectivity index (χ2n) is 5.66. The molecule has 1 aliphatic rings. The van der Waals surface area contributed by atoms with Gasteiger partial charge in [-0.2, -0.15) is 0 Å². The van der Waals surface area contributed by atoms with Crippen molar-refractivity contribution < 1.29 is 9.53 Å². The summed E-state index contributed by atoms with van der Waals surface area (Å²) in [6.07, 6.45) is 1.49. The zero-order valence-electron chi connectivity index (χ0n) is 12.5. The van der Waals surface area contributed by atoms with Crippen molar-refractivity contribution in [3.63, 3.8) is 0 Å². The minimum Gasteiger partial charge on any atom is -0.481 e. The first-order valence-corrected chi connectivity index (χ1v) is 7.31. The second kappa shape index (κ2) is 6.75. The Morgan fingerprint density at radius 2 is 2.10 bits per heavy atom. The summed E-state index contributed by atoms with van der Waals surface area (Å²) in [7, 11) is 0. The Hall–Kier alpha value is -1.55. The molecule has 0 aliphatic carbocycles. The van der Waals surface area contributed by atoms with Crippen molar-refractivity contribution in [1.29, 1.82) is 0 Å². The lowest BCUT2D eigenvalue weighted by molar-refractivity contribution is -0.128. The van der Waals surface area contributed by atoms with Gasteiger partial charge in [0.05, 0.1) is 0 Å². The molecule has 1 heterocycles. The van der Waals surface area contributed by atoms with Crippen LogP contribution in [0.4, 0.5) is 0 Å². The maximum atomic E-state index is 12.1. The molecule has 3 unspecified atom stereocenters. The quantitative estimate of drug-likeness (QED) is 0.884. The lowest BCUT2D eigenvalue weighted by Gasteiger charge is -2.29. The average molecular weight is 276 g/mol. The van der Waals surface area contributed by atoms with E-state index in [0.29, 0.717) is 6.04 Å². The number of nitrogens with one attached hydrogen (secondary N) is 2. The van der Waals surface area contributed by atoms with Crippen molar-refractivity contribution in [1.82, 2.24) is 10.6 Å².